The minimum absolute atomic E-state index is 0.158. The molecule has 0 saturated carbocycles. The molecule has 0 radical (unpaired) electrons. The van der Waals surface area contributed by atoms with Crippen LogP contribution in [0.4, 0.5) is 0 Å². The standard InChI is InChI=1S/C20H21N7/c1-12(2)10-17(21)18-11-16(20-24-26-27-25-20)15-5-3-4-14(19(15)23-18)13-6-8-22-9-7-13/h3-9,11-12,17H,10,21H2,1-2H3,(H,24,25,26,27). The molecule has 3 N–H and O–H groups in total. The molecule has 0 aliphatic rings. The van der Waals surface area contributed by atoms with Crippen LogP contribution in [0.3, 0.4) is 0 Å². The van der Waals surface area contributed by atoms with Crippen molar-refractivity contribution in [2.75, 3.05) is 0 Å². The van der Waals surface area contributed by atoms with Crippen LogP contribution in [0.15, 0.2) is 48.8 Å². The summed E-state index contributed by atoms with van der Waals surface area (Å²) in [6.45, 7) is 4.31. The van der Waals surface area contributed by atoms with Gasteiger partial charge in [0.15, 0.2) is 5.82 Å². The highest BCUT2D eigenvalue weighted by molar-refractivity contribution is 6.01. The second kappa shape index (κ2) is 7.20. The van der Waals surface area contributed by atoms with Crippen molar-refractivity contribution in [3.8, 4) is 22.5 Å². The predicted octanol–water partition coefficient (Wildman–Crippen LogP) is 3.52. The fourth-order valence-electron chi connectivity index (χ4n) is 3.32. The van der Waals surface area contributed by atoms with Gasteiger partial charge in [0.1, 0.15) is 0 Å². The minimum Gasteiger partial charge on any atom is -0.323 e. The van der Waals surface area contributed by atoms with E-state index in [0.29, 0.717) is 11.7 Å². The van der Waals surface area contributed by atoms with Crippen molar-refractivity contribution in [2.45, 2.75) is 26.3 Å². The van der Waals surface area contributed by atoms with Gasteiger partial charge in [-0.25, -0.2) is 5.10 Å². The van der Waals surface area contributed by atoms with Crippen LogP contribution in [-0.4, -0.2) is 30.6 Å². The van der Waals surface area contributed by atoms with E-state index < -0.39 is 0 Å². The van der Waals surface area contributed by atoms with Crippen LogP contribution in [0, 0.1) is 5.92 Å². The molecule has 7 nitrogen and oxygen atoms in total. The number of pyridine rings is 2. The first kappa shape index (κ1) is 17.2. The fraction of sp³-hybridized carbons (Fsp3) is 0.250. The number of para-hydroxylation sites is 1. The minimum atomic E-state index is -0.158. The first-order valence-corrected chi connectivity index (χ1v) is 8.97. The molecule has 3 heterocycles. The van der Waals surface area contributed by atoms with Crippen LogP contribution < -0.4 is 5.73 Å². The van der Waals surface area contributed by atoms with E-state index >= 15 is 0 Å². The van der Waals surface area contributed by atoms with Crippen molar-refractivity contribution in [1.29, 1.82) is 0 Å². The van der Waals surface area contributed by atoms with Gasteiger partial charge < -0.3 is 5.73 Å². The number of nitrogens with zero attached hydrogens (tertiary/aromatic N) is 5. The van der Waals surface area contributed by atoms with Crippen molar-refractivity contribution >= 4 is 10.9 Å². The predicted molar refractivity (Wildman–Crippen MR) is 105 cm³/mol. The van der Waals surface area contributed by atoms with Crippen LogP contribution in [0.5, 0.6) is 0 Å². The van der Waals surface area contributed by atoms with Crippen molar-refractivity contribution in [3.63, 3.8) is 0 Å². The summed E-state index contributed by atoms with van der Waals surface area (Å²) in [6, 6.07) is 11.9. The summed E-state index contributed by atoms with van der Waals surface area (Å²) >= 11 is 0. The molecule has 4 aromatic rings. The molecular weight excluding hydrogens is 338 g/mol. The summed E-state index contributed by atoms with van der Waals surface area (Å²) in [5.74, 6) is 1.08. The third kappa shape index (κ3) is 3.41. The van der Waals surface area contributed by atoms with Crippen LogP contribution in [0.2, 0.25) is 0 Å². The molecule has 1 atom stereocenters. The molecule has 0 bridgehead atoms. The number of tetrazole rings is 1. The van der Waals surface area contributed by atoms with Gasteiger partial charge in [0.2, 0.25) is 0 Å². The summed E-state index contributed by atoms with van der Waals surface area (Å²) in [6.07, 6.45) is 4.41. The number of rotatable bonds is 5. The normalized spacial score (nSPS) is 12.6. The molecule has 1 aromatic carbocycles. The number of H-pyrrole nitrogens is 1. The molecule has 0 spiro atoms. The van der Waals surface area contributed by atoms with Crippen molar-refractivity contribution in [1.82, 2.24) is 30.6 Å². The second-order valence-electron chi connectivity index (χ2n) is 7.02. The molecule has 0 aliphatic heterocycles. The van der Waals surface area contributed by atoms with E-state index in [9.17, 15) is 0 Å². The highest BCUT2D eigenvalue weighted by Gasteiger charge is 2.18. The molecule has 7 heteroatoms. The number of aromatic nitrogens is 6. The SMILES string of the molecule is CC(C)CC(N)c1cc(-c2nnn[nH]2)c2cccc(-c3ccncc3)c2n1. The van der Waals surface area contributed by atoms with E-state index in [1.807, 2.05) is 30.3 Å². The Kier molecular flexibility index (Phi) is 4.60. The summed E-state index contributed by atoms with van der Waals surface area (Å²) in [4.78, 5) is 9.06. The Bertz CT molecular complexity index is 1040. The number of nitrogens with two attached hydrogens (primary N) is 1. The van der Waals surface area contributed by atoms with Gasteiger partial charge in [0.25, 0.3) is 0 Å². The Labute approximate surface area is 157 Å². The Morgan fingerprint density at radius 3 is 2.59 bits per heavy atom. The highest BCUT2D eigenvalue weighted by Crippen LogP contribution is 2.34. The van der Waals surface area contributed by atoms with E-state index in [-0.39, 0.29) is 6.04 Å². The maximum absolute atomic E-state index is 6.46. The largest absolute Gasteiger partial charge is 0.323 e. The van der Waals surface area contributed by atoms with Gasteiger partial charge in [-0.2, -0.15) is 0 Å². The van der Waals surface area contributed by atoms with Gasteiger partial charge >= 0.3 is 0 Å². The molecule has 1 unspecified atom stereocenters. The molecule has 136 valence electrons. The zero-order valence-electron chi connectivity index (χ0n) is 15.3. The van der Waals surface area contributed by atoms with E-state index in [1.165, 1.54) is 0 Å². The molecule has 27 heavy (non-hydrogen) atoms. The molecule has 0 aliphatic carbocycles. The zero-order chi connectivity index (χ0) is 18.8. The third-order valence-corrected chi connectivity index (χ3v) is 4.56. The molecule has 4 rings (SSSR count). The molecular formula is C20H21N7. The Morgan fingerprint density at radius 2 is 1.89 bits per heavy atom. The van der Waals surface area contributed by atoms with E-state index in [2.05, 4.69) is 45.5 Å². The number of nitrogens with one attached hydrogen (secondary N) is 1. The lowest BCUT2D eigenvalue weighted by molar-refractivity contribution is 0.503. The van der Waals surface area contributed by atoms with E-state index in [4.69, 9.17) is 10.7 Å². The van der Waals surface area contributed by atoms with Crippen molar-refractivity contribution in [2.24, 2.45) is 11.7 Å². The number of fused-ring (bicyclic) bond motifs is 1. The van der Waals surface area contributed by atoms with Gasteiger partial charge in [0.05, 0.1) is 11.2 Å². The van der Waals surface area contributed by atoms with Gasteiger partial charge in [-0.15, -0.1) is 5.10 Å². The second-order valence-corrected chi connectivity index (χ2v) is 7.02. The van der Waals surface area contributed by atoms with Crippen LogP contribution >= 0.6 is 0 Å². The lowest BCUT2D eigenvalue weighted by Gasteiger charge is -2.17. The van der Waals surface area contributed by atoms with Gasteiger partial charge in [-0.3, -0.25) is 9.97 Å². The Hall–Kier alpha value is -3.19. The van der Waals surface area contributed by atoms with Crippen LogP contribution in [0.25, 0.3) is 33.4 Å². The van der Waals surface area contributed by atoms with Gasteiger partial charge in [0, 0.05) is 34.9 Å². The van der Waals surface area contributed by atoms with Crippen molar-refractivity contribution < 1.29 is 0 Å². The lowest BCUT2D eigenvalue weighted by atomic mass is 9.96. The number of hydrogen-bond acceptors (Lipinski definition) is 6. The maximum Gasteiger partial charge on any atom is 0.180 e. The monoisotopic (exact) mass is 359 g/mol. The van der Waals surface area contributed by atoms with Gasteiger partial charge in [-0.05, 0) is 46.5 Å². The number of hydrogen-bond donors (Lipinski definition) is 2. The maximum atomic E-state index is 6.46. The Morgan fingerprint density at radius 1 is 1.07 bits per heavy atom. The smallest absolute Gasteiger partial charge is 0.180 e. The first-order valence-electron chi connectivity index (χ1n) is 8.97. The average Bonchev–Trinajstić information content (AvgIpc) is 3.21. The first-order chi connectivity index (χ1) is 13.1. The Balaban J connectivity index is 1.98. The van der Waals surface area contributed by atoms with Crippen molar-refractivity contribution in [3.05, 3.63) is 54.5 Å². The quantitative estimate of drug-likeness (QED) is 0.565. The van der Waals surface area contributed by atoms with Gasteiger partial charge in [-0.1, -0.05) is 32.0 Å². The lowest BCUT2D eigenvalue weighted by Crippen LogP contribution is -2.15. The summed E-state index contributed by atoms with van der Waals surface area (Å²) in [5.41, 5.74) is 11.2. The molecule has 3 aromatic heterocycles. The third-order valence-electron chi connectivity index (χ3n) is 4.56. The number of aromatic amines is 1. The highest BCUT2D eigenvalue weighted by atomic mass is 15.5. The summed E-state index contributed by atoms with van der Waals surface area (Å²) < 4.78 is 0. The fourth-order valence-corrected chi connectivity index (χ4v) is 3.32. The van der Waals surface area contributed by atoms with E-state index in [0.717, 1.165) is 39.7 Å². The zero-order valence-corrected chi connectivity index (χ0v) is 15.3. The average molecular weight is 359 g/mol. The number of benzene rings is 1. The molecule has 0 fully saturated rings. The van der Waals surface area contributed by atoms with E-state index in [1.54, 1.807) is 12.4 Å². The topological polar surface area (TPSA) is 106 Å². The van der Waals surface area contributed by atoms with Crippen LogP contribution in [0.1, 0.15) is 32.0 Å². The summed E-state index contributed by atoms with van der Waals surface area (Å²) in [5, 5.41) is 15.4. The van der Waals surface area contributed by atoms with Crippen LogP contribution in [-0.2, 0) is 0 Å². The molecule has 0 amide bonds. The summed E-state index contributed by atoms with van der Waals surface area (Å²) in [7, 11) is 0. The molecule has 0 saturated heterocycles.